The highest BCUT2D eigenvalue weighted by Crippen LogP contribution is 2.30. The summed E-state index contributed by atoms with van der Waals surface area (Å²) in [7, 11) is 0. The molecule has 1 aromatic rings. The van der Waals surface area contributed by atoms with E-state index >= 15 is 0 Å². The third kappa shape index (κ3) is 3.83. The van der Waals surface area contributed by atoms with Gasteiger partial charge in [-0.1, -0.05) is 44.0 Å². The van der Waals surface area contributed by atoms with Crippen LogP contribution in [0, 0.1) is 11.8 Å². The molecule has 1 saturated carbocycles. The van der Waals surface area contributed by atoms with E-state index in [0.29, 0.717) is 0 Å². The molecule has 1 aliphatic rings. The van der Waals surface area contributed by atoms with Gasteiger partial charge in [0.2, 0.25) is 0 Å². The highest BCUT2D eigenvalue weighted by Gasteiger charge is 2.22. The quantitative estimate of drug-likeness (QED) is 0.836. The Morgan fingerprint density at radius 2 is 2.05 bits per heavy atom. The molecule has 20 heavy (non-hydrogen) atoms. The van der Waals surface area contributed by atoms with Crippen LogP contribution in [-0.2, 0) is 11.3 Å². The molecule has 0 heterocycles. The predicted octanol–water partition coefficient (Wildman–Crippen LogP) is 3.40. The zero-order valence-corrected chi connectivity index (χ0v) is 12.4. The third-order valence-electron chi connectivity index (χ3n) is 4.62. The topological polar surface area (TPSA) is 49.3 Å². The molecule has 3 unspecified atom stereocenters. The highest BCUT2D eigenvalue weighted by atomic mass is 16.4. The van der Waals surface area contributed by atoms with Crippen molar-refractivity contribution < 1.29 is 9.90 Å². The average molecular weight is 275 g/mol. The van der Waals surface area contributed by atoms with Gasteiger partial charge in [-0.05, 0) is 42.9 Å². The van der Waals surface area contributed by atoms with Crippen LogP contribution in [-0.4, -0.2) is 17.6 Å². The highest BCUT2D eigenvalue weighted by molar-refractivity contribution is 5.75. The summed E-state index contributed by atoms with van der Waals surface area (Å²) in [6, 6.07) is 7.90. The van der Waals surface area contributed by atoms with Crippen molar-refractivity contribution in [1.82, 2.24) is 5.32 Å². The van der Waals surface area contributed by atoms with Crippen molar-refractivity contribution in [3.05, 3.63) is 35.4 Å². The van der Waals surface area contributed by atoms with Gasteiger partial charge >= 0.3 is 5.97 Å². The van der Waals surface area contributed by atoms with Crippen LogP contribution in [0.25, 0.3) is 0 Å². The zero-order chi connectivity index (χ0) is 14.5. The maximum absolute atomic E-state index is 10.9. The maximum atomic E-state index is 10.9. The largest absolute Gasteiger partial charge is 0.481 e. The summed E-state index contributed by atoms with van der Waals surface area (Å²) in [4.78, 5) is 10.9. The van der Waals surface area contributed by atoms with Gasteiger partial charge in [-0.25, -0.2) is 0 Å². The molecule has 1 aromatic carbocycles. The van der Waals surface area contributed by atoms with Crippen molar-refractivity contribution in [2.75, 3.05) is 6.54 Å². The lowest BCUT2D eigenvalue weighted by Crippen LogP contribution is -2.23. The summed E-state index contributed by atoms with van der Waals surface area (Å²) in [6.07, 6.45) is 4.09. The molecule has 0 bridgehead atoms. The van der Waals surface area contributed by atoms with Crippen molar-refractivity contribution in [2.24, 2.45) is 11.8 Å². The van der Waals surface area contributed by atoms with Crippen LogP contribution in [0.1, 0.15) is 50.2 Å². The van der Waals surface area contributed by atoms with E-state index in [9.17, 15) is 4.79 Å². The van der Waals surface area contributed by atoms with E-state index in [1.165, 1.54) is 24.8 Å². The summed E-state index contributed by atoms with van der Waals surface area (Å²) in [6.45, 7) is 6.03. The Labute approximate surface area is 121 Å². The Kier molecular flexibility index (Phi) is 5.18. The van der Waals surface area contributed by atoms with Crippen LogP contribution < -0.4 is 5.32 Å². The summed E-state index contributed by atoms with van der Waals surface area (Å²) in [5, 5.41) is 12.5. The lowest BCUT2D eigenvalue weighted by molar-refractivity contribution is -0.138. The molecule has 0 radical (unpaired) electrons. The van der Waals surface area contributed by atoms with Crippen molar-refractivity contribution in [3.63, 3.8) is 0 Å². The molecule has 0 saturated heterocycles. The Morgan fingerprint density at radius 1 is 1.35 bits per heavy atom. The summed E-state index contributed by atoms with van der Waals surface area (Å²) in [5.41, 5.74) is 2.09. The molecule has 0 aliphatic heterocycles. The van der Waals surface area contributed by atoms with E-state index in [1.54, 1.807) is 6.92 Å². The van der Waals surface area contributed by atoms with E-state index in [1.807, 2.05) is 24.3 Å². The van der Waals surface area contributed by atoms with Gasteiger partial charge < -0.3 is 10.4 Å². The summed E-state index contributed by atoms with van der Waals surface area (Å²) in [5.74, 6) is 0.463. The molecule has 0 amide bonds. The Bertz CT molecular complexity index is 441. The summed E-state index contributed by atoms with van der Waals surface area (Å²) >= 11 is 0. The number of nitrogens with one attached hydrogen (secondary N) is 1. The molecule has 2 N–H and O–H groups in total. The summed E-state index contributed by atoms with van der Waals surface area (Å²) < 4.78 is 0. The van der Waals surface area contributed by atoms with E-state index in [0.717, 1.165) is 30.5 Å². The lowest BCUT2D eigenvalue weighted by atomic mass is 9.98. The molecular formula is C17H25NO2. The number of benzene rings is 1. The van der Waals surface area contributed by atoms with Crippen LogP contribution in [0.2, 0.25) is 0 Å². The van der Waals surface area contributed by atoms with E-state index in [-0.39, 0.29) is 0 Å². The van der Waals surface area contributed by atoms with Crippen molar-refractivity contribution in [2.45, 2.75) is 45.6 Å². The number of carboxylic acids is 1. The first-order chi connectivity index (χ1) is 9.58. The van der Waals surface area contributed by atoms with Gasteiger partial charge in [-0.2, -0.15) is 0 Å². The number of carbonyl (C=O) groups is 1. The normalized spacial score (nSPS) is 23.7. The van der Waals surface area contributed by atoms with Gasteiger partial charge in [0.05, 0.1) is 5.92 Å². The smallest absolute Gasteiger partial charge is 0.310 e. The van der Waals surface area contributed by atoms with Gasteiger partial charge in [-0.15, -0.1) is 0 Å². The minimum absolute atomic E-state index is 0.434. The van der Waals surface area contributed by atoms with Crippen LogP contribution in [0.3, 0.4) is 0 Å². The van der Waals surface area contributed by atoms with Crippen LogP contribution in [0.5, 0.6) is 0 Å². The van der Waals surface area contributed by atoms with E-state index in [2.05, 4.69) is 12.2 Å². The van der Waals surface area contributed by atoms with Gasteiger partial charge in [-0.3, -0.25) is 4.79 Å². The molecule has 0 aromatic heterocycles. The first kappa shape index (κ1) is 15.0. The minimum atomic E-state index is -0.772. The maximum Gasteiger partial charge on any atom is 0.310 e. The molecular weight excluding hydrogens is 250 g/mol. The van der Waals surface area contributed by atoms with Crippen molar-refractivity contribution in [1.29, 1.82) is 0 Å². The Balaban J connectivity index is 1.80. The SMILES string of the molecule is CC(C(=O)O)c1ccc(CNCC2CCCC2C)cc1. The molecule has 1 aliphatic carbocycles. The zero-order valence-electron chi connectivity index (χ0n) is 12.4. The minimum Gasteiger partial charge on any atom is -0.481 e. The van der Waals surface area contributed by atoms with Gasteiger partial charge in [0, 0.05) is 6.54 Å². The third-order valence-corrected chi connectivity index (χ3v) is 4.62. The standard InChI is InChI=1S/C17H25NO2/c1-12-4-3-5-16(12)11-18-10-14-6-8-15(9-7-14)13(2)17(19)20/h6-9,12-13,16,18H,3-5,10-11H2,1-2H3,(H,19,20). The van der Waals surface area contributed by atoms with Crippen LogP contribution in [0.15, 0.2) is 24.3 Å². The van der Waals surface area contributed by atoms with Crippen molar-refractivity contribution in [3.8, 4) is 0 Å². The molecule has 0 spiro atoms. The van der Waals surface area contributed by atoms with Gasteiger partial charge in [0.15, 0.2) is 0 Å². The Hall–Kier alpha value is -1.35. The van der Waals surface area contributed by atoms with Crippen LogP contribution in [0.4, 0.5) is 0 Å². The first-order valence-electron chi connectivity index (χ1n) is 7.60. The fourth-order valence-electron chi connectivity index (χ4n) is 2.99. The second-order valence-electron chi connectivity index (χ2n) is 6.10. The number of rotatable bonds is 6. The van der Waals surface area contributed by atoms with Crippen molar-refractivity contribution >= 4 is 5.97 Å². The fourth-order valence-corrected chi connectivity index (χ4v) is 2.99. The molecule has 2 rings (SSSR count). The molecule has 3 atom stereocenters. The fraction of sp³-hybridized carbons (Fsp3) is 0.588. The molecule has 1 fully saturated rings. The molecule has 3 nitrogen and oxygen atoms in total. The number of aliphatic carboxylic acids is 1. The van der Waals surface area contributed by atoms with E-state index in [4.69, 9.17) is 5.11 Å². The predicted molar refractivity (Wildman–Crippen MR) is 80.7 cm³/mol. The number of hydrogen-bond donors (Lipinski definition) is 2. The van der Waals surface area contributed by atoms with Gasteiger partial charge in [0.25, 0.3) is 0 Å². The second kappa shape index (κ2) is 6.89. The van der Waals surface area contributed by atoms with E-state index < -0.39 is 11.9 Å². The van der Waals surface area contributed by atoms with Crippen LogP contribution >= 0.6 is 0 Å². The first-order valence-corrected chi connectivity index (χ1v) is 7.60. The van der Waals surface area contributed by atoms with Gasteiger partial charge in [0.1, 0.15) is 0 Å². The second-order valence-corrected chi connectivity index (χ2v) is 6.10. The number of hydrogen-bond acceptors (Lipinski definition) is 2. The number of carboxylic acid groups (broad SMARTS) is 1. The lowest BCUT2D eigenvalue weighted by Gasteiger charge is -2.16. The average Bonchev–Trinajstić information content (AvgIpc) is 2.84. The molecule has 3 heteroatoms. The molecule has 110 valence electrons. The Morgan fingerprint density at radius 3 is 2.60 bits per heavy atom. The monoisotopic (exact) mass is 275 g/mol.